The Balaban J connectivity index is 2.03. The van der Waals surface area contributed by atoms with Crippen molar-refractivity contribution in [1.82, 2.24) is 10.2 Å². The largest absolute Gasteiger partial charge is 0.341 e. The van der Waals surface area contributed by atoms with Gasteiger partial charge in [0.15, 0.2) is 0 Å². The van der Waals surface area contributed by atoms with Crippen LogP contribution in [0.25, 0.3) is 0 Å². The predicted octanol–water partition coefficient (Wildman–Crippen LogP) is 2.60. The summed E-state index contributed by atoms with van der Waals surface area (Å²) >= 11 is 0. The van der Waals surface area contributed by atoms with E-state index in [0.29, 0.717) is 5.92 Å². The average molecular weight is 274 g/mol. The Morgan fingerprint density at radius 2 is 2.05 bits per heavy atom. The van der Waals surface area contributed by atoms with E-state index in [9.17, 15) is 4.79 Å². The fourth-order valence-electron chi connectivity index (χ4n) is 2.73. The highest BCUT2D eigenvalue weighted by molar-refractivity contribution is 5.82. The highest BCUT2D eigenvalue weighted by Crippen LogP contribution is 2.18. The molecule has 0 fully saturated rings. The predicted molar refractivity (Wildman–Crippen MR) is 82.5 cm³/mol. The van der Waals surface area contributed by atoms with E-state index in [-0.39, 0.29) is 11.9 Å². The van der Waals surface area contributed by atoms with Gasteiger partial charge in [0.2, 0.25) is 5.91 Å². The van der Waals surface area contributed by atoms with Crippen molar-refractivity contribution in [1.29, 1.82) is 0 Å². The first-order valence-corrected chi connectivity index (χ1v) is 7.74. The SMILES string of the molecule is CCC(C)CN(CC)C(=O)[C@@H]1Cc2ccccc2CN1. The molecule has 3 heteroatoms. The third-order valence-corrected chi connectivity index (χ3v) is 4.30. The van der Waals surface area contributed by atoms with Crippen molar-refractivity contribution in [2.24, 2.45) is 5.92 Å². The lowest BCUT2D eigenvalue weighted by molar-refractivity contribution is -0.134. The number of nitrogens with one attached hydrogen (secondary N) is 1. The zero-order valence-electron chi connectivity index (χ0n) is 12.9. The molecule has 1 heterocycles. The van der Waals surface area contributed by atoms with E-state index in [1.54, 1.807) is 0 Å². The lowest BCUT2D eigenvalue weighted by atomic mass is 9.95. The molecule has 1 unspecified atom stereocenters. The molecular weight excluding hydrogens is 248 g/mol. The fraction of sp³-hybridized carbons (Fsp3) is 0.588. The van der Waals surface area contributed by atoms with Gasteiger partial charge < -0.3 is 10.2 Å². The third kappa shape index (κ3) is 3.40. The molecule has 1 aliphatic heterocycles. The van der Waals surface area contributed by atoms with Gasteiger partial charge in [0.05, 0.1) is 6.04 Å². The normalized spacial score (nSPS) is 19.2. The molecule has 1 amide bonds. The molecule has 1 aromatic carbocycles. The number of amides is 1. The van der Waals surface area contributed by atoms with Crippen LogP contribution in [0.5, 0.6) is 0 Å². The van der Waals surface area contributed by atoms with Gasteiger partial charge in [-0.05, 0) is 30.4 Å². The van der Waals surface area contributed by atoms with Crippen molar-refractivity contribution >= 4 is 5.91 Å². The molecule has 2 atom stereocenters. The van der Waals surface area contributed by atoms with Gasteiger partial charge in [-0.3, -0.25) is 4.79 Å². The van der Waals surface area contributed by atoms with Crippen molar-refractivity contribution in [3.63, 3.8) is 0 Å². The van der Waals surface area contributed by atoms with Gasteiger partial charge in [0, 0.05) is 19.6 Å². The first kappa shape index (κ1) is 15.0. The molecule has 0 bridgehead atoms. The molecule has 0 saturated carbocycles. The topological polar surface area (TPSA) is 32.3 Å². The summed E-state index contributed by atoms with van der Waals surface area (Å²) in [6.07, 6.45) is 1.93. The molecule has 2 rings (SSSR count). The average Bonchev–Trinajstić information content (AvgIpc) is 2.51. The Morgan fingerprint density at radius 1 is 1.35 bits per heavy atom. The molecule has 0 radical (unpaired) electrons. The molecule has 0 spiro atoms. The summed E-state index contributed by atoms with van der Waals surface area (Å²) in [6.45, 7) is 8.91. The minimum Gasteiger partial charge on any atom is -0.341 e. The molecule has 0 aromatic heterocycles. The maximum Gasteiger partial charge on any atom is 0.240 e. The maximum absolute atomic E-state index is 12.7. The third-order valence-electron chi connectivity index (χ3n) is 4.30. The minimum absolute atomic E-state index is 0.0612. The quantitative estimate of drug-likeness (QED) is 0.895. The Morgan fingerprint density at radius 3 is 2.70 bits per heavy atom. The Bertz CT molecular complexity index is 458. The number of hydrogen-bond donors (Lipinski definition) is 1. The first-order chi connectivity index (χ1) is 9.65. The van der Waals surface area contributed by atoms with E-state index >= 15 is 0 Å². The monoisotopic (exact) mass is 274 g/mol. The standard InChI is InChI=1S/C17H26N2O/c1-4-13(3)12-19(5-2)17(20)16-10-14-8-6-7-9-15(14)11-18-16/h6-9,13,16,18H,4-5,10-12H2,1-3H3/t13?,16-/m0/s1. The summed E-state index contributed by atoms with van der Waals surface area (Å²) in [5.74, 6) is 0.817. The highest BCUT2D eigenvalue weighted by atomic mass is 16.2. The summed E-state index contributed by atoms with van der Waals surface area (Å²) in [5.41, 5.74) is 2.63. The van der Waals surface area contributed by atoms with Gasteiger partial charge in [-0.15, -0.1) is 0 Å². The number of nitrogens with zero attached hydrogens (tertiary/aromatic N) is 1. The van der Waals surface area contributed by atoms with Gasteiger partial charge >= 0.3 is 0 Å². The van der Waals surface area contributed by atoms with Crippen molar-refractivity contribution < 1.29 is 4.79 Å². The van der Waals surface area contributed by atoms with E-state index in [2.05, 4.69) is 50.4 Å². The van der Waals surface area contributed by atoms with Crippen molar-refractivity contribution in [3.05, 3.63) is 35.4 Å². The van der Waals surface area contributed by atoms with E-state index in [1.807, 2.05) is 4.90 Å². The Labute approximate surface area is 122 Å². The summed E-state index contributed by atoms with van der Waals surface area (Å²) in [4.78, 5) is 14.7. The molecule has 20 heavy (non-hydrogen) atoms. The molecule has 1 aliphatic rings. The molecule has 0 saturated heterocycles. The van der Waals surface area contributed by atoms with Crippen LogP contribution in [-0.2, 0) is 17.8 Å². The smallest absolute Gasteiger partial charge is 0.240 e. The van der Waals surface area contributed by atoms with Gasteiger partial charge in [-0.25, -0.2) is 0 Å². The summed E-state index contributed by atoms with van der Waals surface area (Å²) in [5, 5.41) is 3.39. The number of carbonyl (C=O) groups excluding carboxylic acids is 1. The second kappa shape index (κ2) is 6.89. The maximum atomic E-state index is 12.7. The number of carbonyl (C=O) groups is 1. The number of rotatable bonds is 5. The van der Waals surface area contributed by atoms with Crippen LogP contribution >= 0.6 is 0 Å². The van der Waals surface area contributed by atoms with Gasteiger partial charge in [0.25, 0.3) is 0 Å². The van der Waals surface area contributed by atoms with E-state index in [1.165, 1.54) is 11.1 Å². The zero-order valence-corrected chi connectivity index (χ0v) is 12.9. The van der Waals surface area contributed by atoms with Crippen LogP contribution < -0.4 is 5.32 Å². The fourth-order valence-corrected chi connectivity index (χ4v) is 2.73. The van der Waals surface area contributed by atoms with E-state index < -0.39 is 0 Å². The number of likely N-dealkylation sites (N-methyl/N-ethyl adjacent to an activating group) is 1. The number of fused-ring (bicyclic) bond motifs is 1. The van der Waals surface area contributed by atoms with Crippen LogP contribution in [0.4, 0.5) is 0 Å². The summed E-state index contributed by atoms with van der Waals surface area (Å²) in [6, 6.07) is 8.34. The number of benzene rings is 1. The second-order valence-corrected chi connectivity index (χ2v) is 5.80. The van der Waals surface area contributed by atoms with Gasteiger partial charge in [0.1, 0.15) is 0 Å². The van der Waals surface area contributed by atoms with Gasteiger partial charge in [-0.1, -0.05) is 44.5 Å². The highest BCUT2D eigenvalue weighted by Gasteiger charge is 2.27. The Kier molecular flexibility index (Phi) is 5.18. The molecule has 3 nitrogen and oxygen atoms in total. The van der Waals surface area contributed by atoms with Crippen molar-refractivity contribution in [2.75, 3.05) is 13.1 Å². The van der Waals surface area contributed by atoms with Crippen LogP contribution in [0.15, 0.2) is 24.3 Å². The number of hydrogen-bond acceptors (Lipinski definition) is 2. The minimum atomic E-state index is -0.0612. The van der Waals surface area contributed by atoms with Crippen molar-refractivity contribution in [3.8, 4) is 0 Å². The van der Waals surface area contributed by atoms with E-state index in [4.69, 9.17) is 0 Å². The Hall–Kier alpha value is -1.35. The molecule has 110 valence electrons. The van der Waals surface area contributed by atoms with Crippen LogP contribution in [0.3, 0.4) is 0 Å². The van der Waals surface area contributed by atoms with Crippen LogP contribution in [-0.4, -0.2) is 29.9 Å². The molecule has 0 aliphatic carbocycles. The lowest BCUT2D eigenvalue weighted by Crippen LogP contribution is -2.50. The lowest BCUT2D eigenvalue weighted by Gasteiger charge is -2.31. The van der Waals surface area contributed by atoms with E-state index in [0.717, 1.165) is 32.5 Å². The second-order valence-electron chi connectivity index (χ2n) is 5.80. The van der Waals surface area contributed by atoms with Crippen LogP contribution in [0.2, 0.25) is 0 Å². The van der Waals surface area contributed by atoms with Crippen LogP contribution in [0, 0.1) is 5.92 Å². The van der Waals surface area contributed by atoms with Crippen molar-refractivity contribution in [2.45, 2.75) is 46.2 Å². The summed E-state index contributed by atoms with van der Waals surface area (Å²) in [7, 11) is 0. The first-order valence-electron chi connectivity index (χ1n) is 7.74. The molecule has 1 N–H and O–H groups in total. The zero-order chi connectivity index (χ0) is 14.5. The summed E-state index contributed by atoms with van der Waals surface area (Å²) < 4.78 is 0. The molecule has 1 aromatic rings. The van der Waals surface area contributed by atoms with Gasteiger partial charge in [-0.2, -0.15) is 0 Å². The molecular formula is C17H26N2O. The van der Waals surface area contributed by atoms with Crippen LogP contribution in [0.1, 0.15) is 38.3 Å².